The fourth-order valence-corrected chi connectivity index (χ4v) is 3.75. The molecule has 0 aliphatic carbocycles. The van der Waals surface area contributed by atoms with E-state index in [0.717, 1.165) is 33.5 Å². The van der Waals surface area contributed by atoms with Gasteiger partial charge in [0.2, 0.25) is 5.91 Å². The molecular formula is C18H15N3OS. The Labute approximate surface area is 138 Å². The Balaban J connectivity index is 1.80. The molecule has 3 heterocycles. The number of amides is 1. The number of hydrogen-bond donors (Lipinski definition) is 0. The molecule has 0 bridgehead atoms. The second-order valence-corrected chi connectivity index (χ2v) is 6.48. The van der Waals surface area contributed by atoms with Gasteiger partial charge in [0.05, 0.1) is 22.1 Å². The van der Waals surface area contributed by atoms with E-state index in [9.17, 15) is 4.79 Å². The number of pyridine rings is 1. The van der Waals surface area contributed by atoms with E-state index in [0.29, 0.717) is 0 Å². The van der Waals surface area contributed by atoms with Gasteiger partial charge in [-0.25, -0.2) is 5.01 Å². The number of carbonyl (C=O) groups excluding carboxylic acids is 1. The van der Waals surface area contributed by atoms with E-state index < -0.39 is 0 Å². The molecule has 0 radical (unpaired) electrons. The molecule has 23 heavy (non-hydrogen) atoms. The van der Waals surface area contributed by atoms with Gasteiger partial charge in [0.25, 0.3) is 0 Å². The smallest absolute Gasteiger partial charge is 0.240 e. The average Bonchev–Trinajstić information content (AvgIpc) is 3.23. The van der Waals surface area contributed by atoms with Gasteiger partial charge in [-0.2, -0.15) is 5.10 Å². The van der Waals surface area contributed by atoms with Gasteiger partial charge in [-0.15, -0.1) is 11.3 Å². The molecule has 2 aromatic heterocycles. The van der Waals surface area contributed by atoms with E-state index >= 15 is 0 Å². The normalized spacial score (nSPS) is 17.5. The highest BCUT2D eigenvalue weighted by Crippen LogP contribution is 2.36. The Bertz CT molecular complexity index is 896. The zero-order valence-electron chi connectivity index (χ0n) is 12.6. The van der Waals surface area contributed by atoms with Gasteiger partial charge in [0, 0.05) is 30.5 Å². The first-order valence-corrected chi connectivity index (χ1v) is 8.37. The van der Waals surface area contributed by atoms with E-state index in [1.165, 1.54) is 0 Å². The molecule has 0 saturated carbocycles. The van der Waals surface area contributed by atoms with Crippen LogP contribution in [0.2, 0.25) is 0 Å². The zero-order valence-corrected chi connectivity index (χ0v) is 13.5. The SMILES string of the molecule is CC(=O)N1N=C(c2cccs2)CC1c1cccc2cccnc12. The third-order valence-corrected chi connectivity index (χ3v) is 4.98. The van der Waals surface area contributed by atoms with Crippen molar-refractivity contribution in [2.24, 2.45) is 5.10 Å². The van der Waals surface area contributed by atoms with Crippen LogP contribution in [0.3, 0.4) is 0 Å². The fraction of sp³-hybridized carbons (Fsp3) is 0.167. The van der Waals surface area contributed by atoms with Crippen LogP contribution in [-0.4, -0.2) is 21.6 Å². The predicted molar refractivity (Wildman–Crippen MR) is 92.5 cm³/mol. The van der Waals surface area contributed by atoms with Crippen molar-refractivity contribution in [2.45, 2.75) is 19.4 Å². The number of rotatable bonds is 2. The molecule has 4 rings (SSSR count). The lowest BCUT2D eigenvalue weighted by Gasteiger charge is -2.21. The second-order valence-electron chi connectivity index (χ2n) is 5.53. The quantitative estimate of drug-likeness (QED) is 0.716. The van der Waals surface area contributed by atoms with Gasteiger partial charge in [0.15, 0.2) is 0 Å². The van der Waals surface area contributed by atoms with Crippen LogP contribution in [-0.2, 0) is 4.79 Å². The van der Waals surface area contributed by atoms with E-state index in [4.69, 9.17) is 0 Å². The average molecular weight is 321 g/mol. The van der Waals surface area contributed by atoms with Crippen molar-refractivity contribution in [1.29, 1.82) is 0 Å². The van der Waals surface area contributed by atoms with Gasteiger partial charge in [-0.3, -0.25) is 9.78 Å². The number of thiophene rings is 1. The number of aromatic nitrogens is 1. The molecule has 0 fully saturated rings. The van der Waals surface area contributed by atoms with Crippen molar-refractivity contribution >= 4 is 33.9 Å². The van der Waals surface area contributed by atoms with Gasteiger partial charge in [-0.05, 0) is 17.5 Å². The number of carbonyl (C=O) groups is 1. The number of benzene rings is 1. The summed E-state index contributed by atoms with van der Waals surface area (Å²) in [6.07, 6.45) is 2.51. The topological polar surface area (TPSA) is 45.6 Å². The van der Waals surface area contributed by atoms with Crippen LogP contribution in [0.4, 0.5) is 0 Å². The molecule has 0 spiro atoms. The molecule has 1 aliphatic rings. The Morgan fingerprint density at radius 2 is 2.09 bits per heavy atom. The molecular weight excluding hydrogens is 306 g/mol. The highest BCUT2D eigenvalue weighted by atomic mass is 32.1. The summed E-state index contributed by atoms with van der Waals surface area (Å²) in [6, 6.07) is 14.0. The van der Waals surface area contributed by atoms with Gasteiger partial charge in [-0.1, -0.05) is 30.3 Å². The van der Waals surface area contributed by atoms with Crippen LogP contribution in [0, 0.1) is 0 Å². The lowest BCUT2D eigenvalue weighted by Crippen LogP contribution is -2.24. The summed E-state index contributed by atoms with van der Waals surface area (Å²) in [4.78, 5) is 17.7. The van der Waals surface area contributed by atoms with Crippen molar-refractivity contribution in [2.75, 3.05) is 0 Å². The predicted octanol–water partition coefficient (Wildman–Crippen LogP) is 3.99. The van der Waals surface area contributed by atoms with Gasteiger partial charge in [0.1, 0.15) is 0 Å². The van der Waals surface area contributed by atoms with E-state index in [2.05, 4.69) is 10.1 Å². The lowest BCUT2D eigenvalue weighted by atomic mass is 9.98. The number of nitrogens with zero attached hydrogens (tertiary/aromatic N) is 3. The standard InChI is InChI=1S/C18H15N3OS/c1-12(22)21-16(11-15(20-21)17-8-4-10-23-17)14-7-2-5-13-6-3-9-19-18(13)14/h2-10,16H,11H2,1H3. The second kappa shape index (κ2) is 5.59. The number of para-hydroxylation sites is 1. The minimum atomic E-state index is -0.0943. The molecule has 1 aromatic carbocycles. The van der Waals surface area contributed by atoms with Crippen molar-refractivity contribution < 1.29 is 4.79 Å². The monoisotopic (exact) mass is 321 g/mol. The molecule has 5 heteroatoms. The van der Waals surface area contributed by atoms with Crippen LogP contribution in [0.5, 0.6) is 0 Å². The summed E-state index contributed by atoms with van der Waals surface area (Å²) < 4.78 is 0. The molecule has 1 aliphatic heterocycles. The van der Waals surface area contributed by atoms with Crippen molar-refractivity contribution in [3.63, 3.8) is 0 Å². The fourth-order valence-electron chi connectivity index (χ4n) is 3.03. The molecule has 1 unspecified atom stereocenters. The Hall–Kier alpha value is -2.53. The third-order valence-electron chi connectivity index (χ3n) is 4.06. The Morgan fingerprint density at radius 3 is 2.87 bits per heavy atom. The van der Waals surface area contributed by atoms with Crippen molar-refractivity contribution in [1.82, 2.24) is 9.99 Å². The highest BCUT2D eigenvalue weighted by Gasteiger charge is 2.32. The number of hydrogen-bond acceptors (Lipinski definition) is 4. The van der Waals surface area contributed by atoms with Crippen LogP contribution < -0.4 is 0 Å². The summed E-state index contributed by atoms with van der Waals surface area (Å²) in [5.41, 5.74) is 2.95. The van der Waals surface area contributed by atoms with Crippen LogP contribution in [0.1, 0.15) is 29.8 Å². The summed E-state index contributed by atoms with van der Waals surface area (Å²) in [6.45, 7) is 1.56. The van der Waals surface area contributed by atoms with E-state index in [-0.39, 0.29) is 11.9 Å². The number of hydrazone groups is 1. The Morgan fingerprint density at radius 1 is 1.22 bits per heavy atom. The van der Waals surface area contributed by atoms with Crippen LogP contribution in [0.15, 0.2) is 59.1 Å². The van der Waals surface area contributed by atoms with Crippen molar-refractivity contribution in [3.05, 3.63) is 64.5 Å². The molecule has 1 amide bonds. The minimum absolute atomic E-state index is 0.0468. The first-order valence-electron chi connectivity index (χ1n) is 7.49. The maximum atomic E-state index is 12.1. The largest absolute Gasteiger partial charge is 0.273 e. The Kier molecular flexibility index (Phi) is 3.42. The zero-order chi connectivity index (χ0) is 15.8. The van der Waals surface area contributed by atoms with E-state index in [1.54, 1.807) is 29.5 Å². The molecule has 3 aromatic rings. The molecule has 0 N–H and O–H groups in total. The maximum absolute atomic E-state index is 12.1. The first-order chi connectivity index (χ1) is 11.2. The van der Waals surface area contributed by atoms with Crippen LogP contribution >= 0.6 is 11.3 Å². The maximum Gasteiger partial charge on any atom is 0.240 e. The summed E-state index contributed by atoms with van der Waals surface area (Å²) in [5, 5.41) is 9.29. The first kappa shape index (κ1) is 14.1. The summed E-state index contributed by atoms with van der Waals surface area (Å²) >= 11 is 1.65. The molecule has 1 atom stereocenters. The molecule has 114 valence electrons. The number of fused-ring (bicyclic) bond motifs is 1. The minimum Gasteiger partial charge on any atom is -0.273 e. The van der Waals surface area contributed by atoms with Gasteiger partial charge < -0.3 is 0 Å². The third kappa shape index (κ3) is 2.43. The highest BCUT2D eigenvalue weighted by molar-refractivity contribution is 7.12. The molecule has 4 nitrogen and oxygen atoms in total. The van der Waals surface area contributed by atoms with Crippen LogP contribution in [0.25, 0.3) is 10.9 Å². The molecule has 0 saturated heterocycles. The summed E-state index contributed by atoms with van der Waals surface area (Å²) in [7, 11) is 0. The van der Waals surface area contributed by atoms with Crippen molar-refractivity contribution in [3.8, 4) is 0 Å². The summed E-state index contributed by atoms with van der Waals surface area (Å²) in [5.74, 6) is -0.0468. The van der Waals surface area contributed by atoms with E-state index in [1.807, 2.05) is 47.8 Å². The van der Waals surface area contributed by atoms with Gasteiger partial charge >= 0.3 is 0 Å². The lowest BCUT2D eigenvalue weighted by molar-refractivity contribution is -0.130.